The van der Waals surface area contributed by atoms with E-state index >= 15 is 17.6 Å². The highest BCUT2D eigenvalue weighted by Crippen LogP contribution is 2.57. The molecule has 404 valence electrons. The van der Waals surface area contributed by atoms with Gasteiger partial charge in [-0.1, -0.05) is 48.9 Å². The number of urea groups is 1. The quantitative estimate of drug-likeness (QED) is 0.0743. The fourth-order valence-corrected chi connectivity index (χ4v) is 12.8. The van der Waals surface area contributed by atoms with E-state index in [9.17, 15) is 24.3 Å². The van der Waals surface area contributed by atoms with Crippen LogP contribution < -0.4 is 30.7 Å². The summed E-state index contributed by atoms with van der Waals surface area (Å²) in [4.78, 5) is 56.6. The first-order chi connectivity index (χ1) is 36.6. The van der Waals surface area contributed by atoms with Crippen molar-refractivity contribution in [2.45, 2.75) is 94.6 Å². The highest BCUT2D eigenvalue weighted by molar-refractivity contribution is 6.34. The maximum absolute atomic E-state index is 16.5. The smallest absolute Gasteiger partial charge is 0.329 e. The second kappa shape index (κ2) is 22.0. The van der Waals surface area contributed by atoms with Gasteiger partial charge in [0.15, 0.2) is 28.8 Å². The number of aromatic nitrogens is 2. The van der Waals surface area contributed by atoms with Gasteiger partial charge in [-0.15, -0.1) is 0 Å². The molecule has 0 spiro atoms. The lowest BCUT2D eigenvalue weighted by Crippen LogP contribution is -2.49. The minimum absolute atomic E-state index is 0.0419. The molecule has 1 saturated carbocycles. The zero-order chi connectivity index (χ0) is 53.6. The van der Waals surface area contributed by atoms with Crippen LogP contribution in [0.15, 0.2) is 54.6 Å². The van der Waals surface area contributed by atoms with Gasteiger partial charge >= 0.3 is 6.03 Å². The molecule has 76 heavy (non-hydrogen) atoms. The number of hydrogen-bond donors (Lipinski definition) is 4. The standard InChI is InChI=1S/C56H63ClF4N8O7/c1-31-44-42(29-40(59)48(57)47(44)46-37(52(62)72)12-13-41(49(46)60)75-27-26-70)76-56(31,35-6-4-3-5-7-35)30-63-36-10-8-34(9-11-36)54(73)68-23-15-32(16-24-68)14-20-67-21-17-33(18-22-67)45-39(58)28-38-51(50(45)61)66(2)65-53(38)69-25-19-43(71)64-55(69)74/h3-7,12-13,28-29,31-34,36,63,70H,8-11,14-27,30H2,1-2H3,(H2,62,72)(H,64,71,74). The lowest BCUT2D eigenvalue weighted by Gasteiger charge is -2.39. The highest BCUT2D eigenvalue weighted by Gasteiger charge is 2.50. The van der Waals surface area contributed by atoms with Crippen molar-refractivity contribution < 1.29 is 51.3 Å². The third kappa shape index (κ3) is 9.99. The molecule has 15 nitrogen and oxygen atoms in total. The number of ether oxygens (including phenoxy) is 2. The first-order valence-corrected chi connectivity index (χ1v) is 26.8. The van der Waals surface area contributed by atoms with Crippen molar-refractivity contribution in [1.29, 1.82) is 0 Å². The number of nitrogens with two attached hydrogens (primary N) is 1. The van der Waals surface area contributed by atoms with E-state index < -0.39 is 64.3 Å². The van der Waals surface area contributed by atoms with Crippen LogP contribution in [-0.4, -0.2) is 114 Å². The summed E-state index contributed by atoms with van der Waals surface area (Å²) < 4.78 is 77.9. The molecule has 1 aromatic heterocycles. The Hall–Kier alpha value is -6.28. The maximum atomic E-state index is 16.5. The molecule has 2 atom stereocenters. The number of nitrogens with one attached hydrogen (secondary N) is 2. The molecule has 3 saturated heterocycles. The van der Waals surface area contributed by atoms with E-state index in [1.165, 1.54) is 33.8 Å². The van der Waals surface area contributed by atoms with Gasteiger partial charge in [-0.05, 0) is 113 Å². The van der Waals surface area contributed by atoms with Crippen molar-refractivity contribution >= 4 is 52.1 Å². The molecule has 2 unspecified atom stereocenters. The molecular formula is C56H63ClF4N8O7. The number of halogens is 5. The van der Waals surface area contributed by atoms with Crippen LogP contribution in [-0.2, 0) is 22.2 Å². The molecule has 5 heterocycles. The number of nitrogens with zero attached hydrogens (tertiary/aromatic N) is 5. The van der Waals surface area contributed by atoms with Crippen molar-refractivity contribution in [3.8, 4) is 22.6 Å². The van der Waals surface area contributed by atoms with Gasteiger partial charge in [0.05, 0.1) is 22.6 Å². The van der Waals surface area contributed by atoms with Crippen LogP contribution in [0.5, 0.6) is 11.5 Å². The number of carbonyl (C=O) groups excluding carboxylic acids is 4. The molecule has 10 rings (SSSR count). The number of imide groups is 1. The van der Waals surface area contributed by atoms with E-state index in [2.05, 4.69) is 20.6 Å². The first kappa shape index (κ1) is 53.1. The van der Waals surface area contributed by atoms with Gasteiger partial charge in [0.2, 0.25) is 17.7 Å². The molecule has 1 aliphatic carbocycles. The number of hydrogen-bond acceptors (Lipinski definition) is 10. The van der Waals surface area contributed by atoms with E-state index in [-0.39, 0.29) is 100 Å². The van der Waals surface area contributed by atoms with E-state index in [1.54, 1.807) is 7.05 Å². The van der Waals surface area contributed by atoms with Crippen LogP contribution >= 0.6 is 11.6 Å². The lowest BCUT2D eigenvalue weighted by molar-refractivity contribution is -0.138. The molecule has 0 bridgehead atoms. The van der Waals surface area contributed by atoms with Crippen molar-refractivity contribution in [2.75, 3.05) is 63.9 Å². The first-order valence-electron chi connectivity index (χ1n) is 26.4. The Kier molecular flexibility index (Phi) is 15.4. The van der Waals surface area contributed by atoms with Gasteiger partial charge in [-0.2, -0.15) is 5.10 Å². The number of carbonyl (C=O) groups is 4. The fourth-order valence-electron chi connectivity index (χ4n) is 12.5. The second-order valence-electron chi connectivity index (χ2n) is 21.1. The number of fused-ring (bicyclic) bond motifs is 2. The summed E-state index contributed by atoms with van der Waals surface area (Å²) in [5.74, 6) is -4.89. The molecule has 5 N–H and O–H groups in total. The maximum Gasteiger partial charge on any atom is 0.329 e. The Balaban J connectivity index is 0.722. The van der Waals surface area contributed by atoms with E-state index in [0.717, 1.165) is 44.2 Å². The van der Waals surface area contributed by atoms with Crippen LogP contribution in [0, 0.1) is 35.1 Å². The topological polar surface area (TPSA) is 185 Å². The Morgan fingerprint density at radius 3 is 2.32 bits per heavy atom. The van der Waals surface area contributed by atoms with Gasteiger partial charge in [0.1, 0.15) is 29.5 Å². The summed E-state index contributed by atoms with van der Waals surface area (Å²) in [6, 6.07) is 13.8. The molecule has 0 radical (unpaired) electrons. The molecule has 5 aliphatic rings. The molecule has 5 aromatic rings. The Morgan fingerprint density at radius 1 is 0.908 bits per heavy atom. The van der Waals surface area contributed by atoms with Gasteiger partial charge in [-0.25, -0.2) is 22.4 Å². The van der Waals surface area contributed by atoms with Gasteiger partial charge in [0.25, 0.3) is 0 Å². The number of primary amides is 1. The number of amides is 5. The van der Waals surface area contributed by atoms with Crippen molar-refractivity contribution in [2.24, 2.45) is 24.6 Å². The minimum Gasteiger partial charge on any atom is -0.488 e. The molecule has 4 aliphatic heterocycles. The second-order valence-corrected chi connectivity index (χ2v) is 21.4. The molecule has 20 heteroatoms. The summed E-state index contributed by atoms with van der Waals surface area (Å²) in [6.07, 6.45) is 6.97. The number of aliphatic hydroxyl groups is 1. The predicted octanol–water partition coefficient (Wildman–Crippen LogP) is 8.41. The lowest BCUT2D eigenvalue weighted by atomic mass is 9.77. The van der Waals surface area contributed by atoms with E-state index in [4.69, 9.17) is 26.8 Å². The van der Waals surface area contributed by atoms with Gasteiger partial charge < -0.3 is 35.4 Å². The number of rotatable bonds is 15. The van der Waals surface area contributed by atoms with Crippen molar-refractivity contribution in [3.05, 3.63) is 105 Å². The molecular weight excluding hydrogens is 1010 g/mol. The zero-order valence-corrected chi connectivity index (χ0v) is 43.4. The zero-order valence-electron chi connectivity index (χ0n) is 42.6. The summed E-state index contributed by atoms with van der Waals surface area (Å²) in [6.45, 7) is 5.31. The molecule has 4 fully saturated rings. The Labute approximate surface area is 443 Å². The number of aryl methyl sites for hydroxylation is 1. The van der Waals surface area contributed by atoms with Crippen LogP contribution in [0.2, 0.25) is 5.02 Å². The summed E-state index contributed by atoms with van der Waals surface area (Å²) >= 11 is 6.72. The van der Waals surface area contributed by atoms with Crippen molar-refractivity contribution in [3.63, 3.8) is 0 Å². The van der Waals surface area contributed by atoms with E-state index in [1.807, 2.05) is 42.2 Å². The van der Waals surface area contributed by atoms with Gasteiger partial charge in [0, 0.05) is 85.8 Å². The predicted molar refractivity (Wildman–Crippen MR) is 277 cm³/mol. The number of benzene rings is 4. The number of likely N-dealkylation sites (tertiary alicyclic amines) is 2. The molecule has 5 amide bonds. The number of piperidine rings is 2. The van der Waals surface area contributed by atoms with Crippen LogP contribution in [0.4, 0.5) is 28.2 Å². The SMILES string of the molecule is CC1c2c(cc(F)c(Cl)c2-c2c(C(N)=O)ccc(OCCO)c2F)OC1(CNC1CCC(C(=O)N2CCC(CCN3CCC(c4c(F)cc5c(N6CCC(=O)NC6=O)nn(C)c5c4F)CC3)CC2)CC1)c1ccccc1. The third-order valence-corrected chi connectivity index (χ3v) is 17.1. The monoisotopic (exact) mass is 1070 g/mol. The van der Waals surface area contributed by atoms with E-state index in [0.29, 0.717) is 63.3 Å². The molecule has 4 aromatic carbocycles. The fraction of sp³-hybridized carbons (Fsp3) is 0.482. The average molecular weight is 1070 g/mol. The van der Waals surface area contributed by atoms with Crippen LogP contribution in [0.1, 0.15) is 110 Å². The van der Waals surface area contributed by atoms with Crippen LogP contribution in [0.3, 0.4) is 0 Å². The summed E-state index contributed by atoms with van der Waals surface area (Å²) in [5.41, 5.74) is 5.37. The average Bonchev–Trinajstić information content (AvgIpc) is 3.95. The number of aliphatic hydroxyl groups excluding tert-OH is 1. The summed E-state index contributed by atoms with van der Waals surface area (Å²) in [5, 5.41) is 19.5. The number of anilines is 1. The van der Waals surface area contributed by atoms with Crippen molar-refractivity contribution in [1.82, 2.24) is 30.2 Å². The normalized spacial score (nSPS) is 22.7. The minimum atomic E-state index is -1.13. The Bertz CT molecular complexity index is 3050. The van der Waals surface area contributed by atoms with Crippen LogP contribution in [0.25, 0.3) is 22.0 Å². The summed E-state index contributed by atoms with van der Waals surface area (Å²) in [7, 11) is 1.56. The highest BCUT2D eigenvalue weighted by atomic mass is 35.5. The Morgan fingerprint density at radius 2 is 1.63 bits per heavy atom. The third-order valence-electron chi connectivity index (χ3n) is 16.7. The van der Waals surface area contributed by atoms with Gasteiger partial charge in [-0.3, -0.25) is 29.3 Å². The largest absolute Gasteiger partial charge is 0.488 e.